The Balaban J connectivity index is 3.22. The van der Waals surface area contributed by atoms with Gasteiger partial charge >= 0.3 is 11.9 Å². The van der Waals surface area contributed by atoms with Crippen LogP contribution in [0.5, 0.6) is 0 Å². The molecular weight excluding hydrogens is 303 g/mol. The Bertz CT molecular complexity index is 520. The SMILES string of the molecule is C=C(C(=O)OCC)C(OC(C)=O)c1c(Cl)cccc1Cl. The van der Waals surface area contributed by atoms with E-state index in [1.54, 1.807) is 25.1 Å². The highest BCUT2D eigenvalue weighted by molar-refractivity contribution is 6.36. The van der Waals surface area contributed by atoms with Gasteiger partial charge in [0.15, 0.2) is 6.10 Å². The van der Waals surface area contributed by atoms with Gasteiger partial charge in [0.25, 0.3) is 0 Å². The van der Waals surface area contributed by atoms with Crippen molar-refractivity contribution in [3.63, 3.8) is 0 Å². The quantitative estimate of drug-likeness (QED) is 0.613. The van der Waals surface area contributed by atoms with Crippen molar-refractivity contribution in [2.45, 2.75) is 20.0 Å². The zero-order chi connectivity index (χ0) is 15.3. The molecule has 6 heteroatoms. The summed E-state index contributed by atoms with van der Waals surface area (Å²) in [5.74, 6) is -1.26. The third-order valence-electron chi connectivity index (χ3n) is 2.40. The first-order valence-corrected chi connectivity index (χ1v) is 6.61. The second-order valence-electron chi connectivity index (χ2n) is 3.87. The normalized spacial score (nSPS) is 11.6. The summed E-state index contributed by atoms with van der Waals surface area (Å²) in [6, 6.07) is 4.81. The highest BCUT2D eigenvalue weighted by atomic mass is 35.5. The Morgan fingerprint density at radius 2 is 1.85 bits per heavy atom. The third kappa shape index (κ3) is 3.99. The van der Waals surface area contributed by atoms with Crippen molar-refractivity contribution in [3.8, 4) is 0 Å². The maximum Gasteiger partial charge on any atom is 0.337 e. The smallest absolute Gasteiger partial charge is 0.337 e. The molecule has 0 fully saturated rings. The summed E-state index contributed by atoms with van der Waals surface area (Å²) in [7, 11) is 0. The molecule has 4 nitrogen and oxygen atoms in total. The molecule has 1 unspecified atom stereocenters. The van der Waals surface area contributed by atoms with E-state index >= 15 is 0 Å². The maximum absolute atomic E-state index is 11.8. The van der Waals surface area contributed by atoms with Crippen molar-refractivity contribution in [1.29, 1.82) is 0 Å². The third-order valence-corrected chi connectivity index (χ3v) is 3.06. The van der Waals surface area contributed by atoms with Crippen LogP contribution in [0.1, 0.15) is 25.5 Å². The van der Waals surface area contributed by atoms with Gasteiger partial charge in [-0.05, 0) is 19.1 Å². The fourth-order valence-electron chi connectivity index (χ4n) is 1.56. The van der Waals surface area contributed by atoms with Crippen molar-refractivity contribution in [3.05, 3.63) is 46.0 Å². The van der Waals surface area contributed by atoms with Crippen LogP contribution in [-0.4, -0.2) is 18.5 Å². The molecule has 1 rings (SSSR count). The van der Waals surface area contributed by atoms with Crippen LogP contribution in [0, 0.1) is 0 Å². The minimum absolute atomic E-state index is 0.0444. The lowest BCUT2D eigenvalue weighted by molar-refractivity contribution is -0.147. The maximum atomic E-state index is 11.8. The fourth-order valence-corrected chi connectivity index (χ4v) is 2.16. The molecule has 0 amide bonds. The van der Waals surface area contributed by atoms with Crippen LogP contribution in [0.3, 0.4) is 0 Å². The average molecular weight is 317 g/mol. The summed E-state index contributed by atoms with van der Waals surface area (Å²) in [6.07, 6.45) is -1.08. The Kier molecular flexibility index (Phi) is 6.05. The van der Waals surface area contributed by atoms with E-state index in [2.05, 4.69) is 6.58 Å². The number of benzene rings is 1. The summed E-state index contributed by atoms with van der Waals surface area (Å²) < 4.78 is 9.97. The average Bonchev–Trinajstić information content (AvgIpc) is 2.36. The molecule has 0 aliphatic rings. The molecule has 0 radical (unpaired) electrons. The number of hydrogen-bond donors (Lipinski definition) is 0. The molecule has 0 aliphatic carbocycles. The number of halogens is 2. The number of ether oxygens (including phenoxy) is 2. The largest absolute Gasteiger partial charge is 0.463 e. The molecule has 1 aromatic rings. The van der Waals surface area contributed by atoms with Gasteiger partial charge in [0.05, 0.1) is 12.2 Å². The monoisotopic (exact) mass is 316 g/mol. The van der Waals surface area contributed by atoms with E-state index < -0.39 is 18.0 Å². The Morgan fingerprint density at radius 1 is 1.30 bits per heavy atom. The van der Waals surface area contributed by atoms with Gasteiger partial charge in [0.2, 0.25) is 0 Å². The fraction of sp³-hybridized carbons (Fsp3) is 0.286. The van der Waals surface area contributed by atoms with Gasteiger partial charge in [0, 0.05) is 22.5 Å². The van der Waals surface area contributed by atoms with Crippen molar-refractivity contribution >= 4 is 35.1 Å². The van der Waals surface area contributed by atoms with E-state index in [1.807, 2.05) is 0 Å². The van der Waals surface area contributed by atoms with Crippen LogP contribution in [0.2, 0.25) is 10.0 Å². The highest BCUT2D eigenvalue weighted by Gasteiger charge is 2.28. The molecule has 0 saturated heterocycles. The highest BCUT2D eigenvalue weighted by Crippen LogP contribution is 2.36. The first kappa shape index (κ1) is 16.5. The van der Waals surface area contributed by atoms with Gasteiger partial charge in [-0.1, -0.05) is 35.8 Å². The summed E-state index contributed by atoms with van der Waals surface area (Å²) >= 11 is 12.1. The minimum Gasteiger partial charge on any atom is -0.463 e. The summed E-state index contributed by atoms with van der Waals surface area (Å²) in [5.41, 5.74) is 0.265. The Labute approximate surface area is 127 Å². The van der Waals surface area contributed by atoms with Crippen molar-refractivity contribution in [2.24, 2.45) is 0 Å². The van der Waals surface area contributed by atoms with Crippen LogP contribution in [0.15, 0.2) is 30.4 Å². The van der Waals surface area contributed by atoms with Gasteiger partial charge in [-0.25, -0.2) is 4.79 Å². The molecule has 1 atom stereocenters. The number of esters is 2. The lowest BCUT2D eigenvalue weighted by atomic mass is 10.0. The van der Waals surface area contributed by atoms with Crippen LogP contribution in [0.4, 0.5) is 0 Å². The van der Waals surface area contributed by atoms with Crippen molar-refractivity contribution in [2.75, 3.05) is 6.61 Å². The molecule has 0 aromatic heterocycles. The van der Waals surface area contributed by atoms with Crippen molar-refractivity contribution in [1.82, 2.24) is 0 Å². The molecule has 0 saturated carbocycles. The minimum atomic E-state index is -1.08. The molecule has 0 spiro atoms. The molecule has 0 heterocycles. The van der Waals surface area contributed by atoms with E-state index in [9.17, 15) is 9.59 Å². The standard InChI is InChI=1S/C14H14Cl2O4/c1-4-19-14(18)8(2)13(20-9(3)17)12-10(15)6-5-7-11(12)16/h5-7,13H,2,4H2,1,3H3. The zero-order valence-electron chi connectivity index (χ0n) is 11.1. The van der Waals surface area contributed by atoms with E-state index in [4.69, 9.17) is 32.7 Å². The second kappa shape index (κ2) is 7.31. The number of carbonyl (C=O) groups is 2. The van der Waals surface area contributed by atoms with Gasteiger partial charge in [-0.3, -0.25) is 4.79 Å². The lowest BCUT2D eigenvalue weighted by Crippen LogP contribution is -2.19. The zero-order valence-corrected chi connectivity index (χ0v) is 12.6. The molecule has 0 N–H and O–H groups in total. The van der Waals surface area contributed by atoms with Gasteiger partial charge < -0.3 is 9.47 Å². The first-order valence-electron chi connectivity index (χ1n) is 5.85. The van der Waals surface area contributed by atoms with E-state index in [1.165, 1.54) is 6.92 Å². The van der Waals surface area contributed by atoms with Gasteiger partial charge in [-0.15, -0.1) is 0 Å². The molecule has 20 heavy (non-hydrogen) atoms. The van der Waals surface area contributed by atoms with E-state index in [0.29, 0.717) is 5.56 Å². The predicted octanol–water partition coefficient (Wildman–Crippen LogP) is 3.72. The van der Waals surface area contributed by atoms with Gasteiger partial charge in [-0.2, -0.15) is 0 Å². The topological polar surface area (TPSA) is 52.6 Å². The lowest BCUT2D eigenvalue weighted by Gasteiger charge is -2.20. The van der Waals surface area contributed by atoms with Crippen LogP contribution < -0.4 is 0 Å². The van der Waals surface area contributed by atoms with Crippen LogP contribution >= 0.6 is 23.2 Å². The molecule has 0 aliphatic heterocycles. The Hall–Kier alpha value is -1.52. The summed E-state index contributed by atoms with van der Waals surface area (Å²) in [5, 5.41) is 0.545. The Morgan fingerprint density at radius 3 is 2.30 bits per heavy atom. The predicted molar refractivity (Wildman–Crippen MR) is 76.7 cm³/mol. The van der Waals surface area contributed by atoms with Gasteiger partial charge in [0.1, 0.15) is 0 Å². The number of hydrogen-bond acceptors (Lipinski definition) is 4. The number of carbonyl (C=O) groups excluding carboxylic acids is 2. The molecular formula is C14H14Cl2O4. The number of rotatable bonds is 5. The summed E-state index contributed by atoms with van der Waals surface area (Å²) in [4.78, 5) is 23.0. The van der Waals surface area contributed by atoms with Crippen LogP contribution in [-0.2, 0) is 19.1 Å². The van der Waals surface area contributed by atoms with E-state index in [0.717, 1.165) is 0 Å². The van der Waals surface area contributed by atoms with Crippen molar-refractivity contribution < 1.29 is 19.1 Å². The molecule has 108 valence electrons. The summed E-state index contributed by atoms with van der Waals surface area (Å²) in [6.45, 7) is 6.68. The first-order chi connectivity index (χ1) is 9.38. The molecule has 0 bridgehead atoms. The molecule has 1 aromatic carbocycles. The second-order valence-corrected chi connectivity index (χ2v) is 4.68. The van der Waals surface area contributed by atoms with E-state index in [-0.39, 0.29) is 22.2 Å². The van der Waals surface area contributed by atoms with Crippen LogP contribution in [0.25, 0.3) is 0 Å².